The third-order valence-electron chi connectivity index (χ3n) is 8.94. The number of esters is 2. The summed E-state index contributed by atoms with van der Waals surface area (Å²) in [6.07, 6.45) is 22.0. The molecule has 7 atom stereocenters. The summed E-state index contributed by atoms with van der Waals surface area (Å²) in [5.41, 5.74) is 0.933. The van der Waals surface area contributed by atoms with E-state index in [2.05, 4.69) is 31.3 Å². The highest BCUT2D eigenvalue weighted by Gasteiger charge is 2.33. The van der Waals surface area contributed by atoms with Crippen LogP contribution in [0.1, 0.15) is 84.5 Å². The lowest BCUT2D eigenvalue weighted by molar-refractivity contribution is -0.154. The Hall–Kier alpha value is -2.91. The lowest BCUT2D eigenvalue weighted by Crippen LogP contribution is -2.38. The zero-order valence-corrected chi connectivity index (χ0v) is 26.8. The van der Waals surface area contributed by atoms with Crippen molar-refractivity contribution >= 4 is 18.0 Å². The number of carbonyl (C=O) groups is 3. The molecular formula is C35H52N2O7. The van der Waals surface area contributed by atoms with Crippen LogP contribution in [0.25, 0.3) is 0 Å². The summed E-state index contributed by atoms with van der Waals surface area (Å²) in [5.74, 6) is -0.422. The fraction of sp³-hybridized carbons (Fsp3) is 0.686. The Kier molecular flexibility index (Phi) is 13.5. The maximum absolute atomic E-state index is 13.2. The molecule has 0 radical (unpaired) electrons. The summed E-state index contributed by atoms with van der Waals surface area (Å²) >= 11 is 0. The van der Waals surface area contributed by atoms with Gasteiger partial charge in [-0.15, -0.1) is 0 Å². The summed E-state index contributed by atoms with van der Waals surface area (Å²) in [6.45, 7) is 6.52. The number of ether oxygens (including phenoxy) is 4. The van der Waals surface area contributed by atoms with Crippen molar-refractivity contribution < 1.29 is 33.3 Å². The highest BCUT2D eigenvalue weighted by atomic mass is 16.6. The van der Waals surface area contributed by atoms with Crippen LogP contribution in [0.15, 0.2) is 48.1 Å². The molecule has 0 aromatic carbocycles. The molecule has 1 N–H and O–H groups in total. The molecule has 0 spiro atoms. The standard InChI is InChI=1S/C35H52N2O7/c1-25-14-15-26(2)32(13-6-4-5-7-16-36-35(40)37-17-8-9-18-37)44-34(39)24-31-21-27(22-33(38)41-3)20-30(43-31)23-29-12-10-11-28(19-25)42-29/h4-6,13-15,22,25-26,28-32H,7-12,16-21,23-24H2,1-3H3,(H,36,40)/b5-4-,13-6+,15-14+,27-22-. The van der Waals surface area contributed by atoms with Crippen LogP contribution in [0, 0.1) is 11.8 Å². The minimum atomic E-state index is -0.446. The Balaban J connectivity index is 1.42. The van der Waals surface area contributed by atoms with Crippen LogP contribution < -0.4 is 5.32 Å². The van der Waals surface area contributed by atoms with Crippen molar-refractivity contribution in [3.63, 3.8) is 0 Å². The van der Waals surface area contributed by atoms with Gasteiger partial charge in [0.05, 0.1) is 37.9 Å². The molecule has 3 saturated heterocycles. The van der Waals surface area contributed by atoms with Crippen molar-refractivity contribution in [3.8, 4) is 0 Å². The number of rotatable bonds is 6. The van der Waals surface area contributed by atoms with Crippen molar-refractivity contribution in [2.75, 3.05) is 26.7 Å². The molecule has 0 aliphatic carbocycles. The van der Waals surface area contributed by atoms with E-state index in [4.69, 9.17) is 18.9 Å². The van der Waals surface area contributed by atoms with E-state index in [1.54, 1.807) is 6.08 Å². The average Bonchev–Trinajstić information content (AvgIpc) is 3.54. The maximum atomic E-state index is 13.2. The van der Waals surface area contributed by atoms with E-state index in [-0.39, 0.29) is 54.7 Å². The largest absolute Gasteiger partial charge is 0.466 e. The van der Waals surface area contributed by atoms with Crippen molar-refractivity contribution in [2.24, 2.45) is 11.8 Å². The first-order valence-electron chi connectivity index (χ1n) is 16.6. The summed E-state index contributed by atoms with van der Waals surface area (Å²) in [6, 6.07) is 0.00953. The van der Waals surface area contributed by atoms with Gasteiger partial charge in [0, 0.05) is 38.0 Å². The van der Waals surface area contributed by atoms with Crippen LogP contribution >= 0.6 is 0 Å². The predicted octanol–water partition coefficient (Wildman–Crippen LogP) is 5.80. The van der Waals surface area contributed by atoms with Gasteiger partial charge in [0.1, 0.15) is 6.10 Å². The second-order valence-electron chi connectivity index (χ2n) is 12.8. The summed E-state index contributed by atoms with van der Waals surface area (Å²) in [7, 11) is 1.37. The van der Waals surface area contributed by atoms with Crippen molar-refractivity contribution in [3.05, 3.63) is 48.1 Å². The maximum Gasteiger partial charge on any atom is 0.330 e. The molecule has 44 heavy (non-hydrogen) atoms. The minimum Gasteiger partial charge on any atom is -0.466 e. The number of nitrogens with zero attached hydrogens (tertiary/aromatic N) is 1. The Morgan fingerprint density at radius 2 is 1.68 bits per heavy atom. The van der Waals surface area contributed by atoms with Crippen LogP contribution in [0.2, 0.25) is 0 Å². The lowest BCUT2D eigenvalue weighted by Gasteiger charge is -2.37. The fourth-order valence-corrected chi connectivity index (χ4v) is 6.58. The molecule has 0 aromatic heterocycles. The third kappa shape index (κ3) is 11.2. The van der Waals surface area contributed by atoms with Gasteiger partial charge in [-0.1, -0.05) is 49.8 Å². The van der Waals surface area contributed by atoms with Crippen LogP contribution in [0.3, 0.4) is 0 Å². The number of allylic oxidation sites excluding steroid dienone is 3. The van der Waals surface area contributed by atoms with Gasteiger partial charge in [-0.2, -0.15) is 0 Å². The number of likely N-dealkylation sites (tertiary alicyclic amines) is 1. The van der Waals surface area contributed by atoms with Gasteiger partial charge in [0.25, 0.3) is 0 Å². The summed E-state index contributed by atoms with van der Waals surface area (Å²) in [4.78, 5) is 39.3. The van der Waals surface area contributed by atoms with Crippen LogP contribution in [0.5, 0.6) is 0 Å². The zero-order chi connectivity index (χ0) is 31.3. The molecule has 0 saturated carbocycles. The van der Waals surface area contributed by atoms with E-state index < -0.39 is 6.10 Å². The first-order chi connectivity index (χ1) is 21.3. The number of amides is 2. The molecule has 0 aromatic rings. The second-order valence-corrected chi connectivity index (χ2v) is 12.8. The first-order valence-corrected chi connectivity index (χ1v) is 16.6. The highest BCUT2D eigenvalue weighted by molar-refractivity contribution is 5.82. The number of hydrogen-bond donors (Lipinski definition) is 1. The quantitative estimate of drug-likeness (QED) is 0.133. The molecule has 7 unspecified atom stereocenters. The zero-order valence-electron chi connectivity index (χ0n) is 26.8. The van der Waals surface area contributed by atoms with E-state index in [0.29, 0.717) is 31.7 Å². The van der Waals surface area contributed by atoms with E-state index in [0.717, 1.165) is 63.6 Å². The molecule has 244 valence electrons. The van der Waals surface area contributed by atoms with Gasteiger partial charge >= 0.3 is 18.0 Å². The molecule has 9 nitrogen and oxygen atoms in total. The van der Waals surface area contributed by atoms with Crippen LogP contribution in [-0.2, 0) is 28.5 Å². The number of carbonyl (C=O) groups excluding carboxylic acids is 3. The average molecular weight is 613 g/mol. The molecule has 4 aliphatic heterocycles. The smallest absolute Gasteiger partial charge is 0.330 e. The minimum absolute atomic E-state index is 0.00953. The Labute approximate surface area is 263 Å². The topological polar surface area (TPSA) is 103 Å². The molecule has 3 fully saturated rings. The van der Waals surface area contributed by atoms with E-state index in [1.807, 2.05) is 29.2 Å². The Morgan fingerprint density at radius 3 is 2.45 bits per heavy atom. The molecule has 4 bridgehead atoms. The summed E-state index contributed by atoms with van der Waals surface area (Å²) < 4.78 is 23.8. The van der Waals surface area contributed by atoms with E-state index >= 15 is 0 Å². The van der Waals surface area contributed by atoms with E-state index in [9.17, 15) is 14.4 Å². The van der Waals surface area contributed by atoms with Crippen LogP contribution in [0.4, 0.5) is 4.79 Å². The third-order valence-corrected chi connectivity index (χ3v) is 8.94. The van der Waals surface area contributed by atoms with Crippen molar-refractivity contribution in [2.45, 2.75) is 115 Å². The van der Waals surface area contributed by atoms with Gasteiger partial charge in [0.2, 0.25) is 0 Å². The Bertz CT molecular complexity index is 1080. The molecule has 4 aliphatic rings. The van der Waals surface area contributed by atoms with Gasteiger partial charge in [-0.05, 0) is 69.8 Å². The summed E-state index contributed by atoms with van der Waals surface area (Å²) in [5, 5.41) is 2.97. The van der Waals surface area contributed by atoms with Gasteiger partial charge in [-0.25, -0.2) is 9.59 Å². The molecule has 9 heteroatoms. The van der Waals surface area contributed by atoms with Gasteiger partial charge < -0.3 is 29.2 Å². The molecule has 2 amide bonds. The van der Waals surface area contributed by atoms with E-state index in [1.165, 1.54) is 7.11 Å². The number of fused-ring (bicyclic) bond motifs is 4. The van der Waals surface area contributed by atoms with Gasteiger partial charge in [-0.3, -0.25) is 4.79 Å². The van der Waals surface area contributed by atoms with Crippen LogP contribution in [-0.4, -0.2) is 80.1 Å². The van der Waals surface area contributed by atoms with Crippen molar-refractivity contribution in [1.82, 2.24) is 10.2 Å². The lowest BCUT2D eigenvalue weighted by atomic mass is 9.89. The highest BCUT2D eigenvalue weighted by Crippen LogP contribution is 2.33. The number of nitrogens with one attached hydrogen (secondary N) is 1. The predicted molar refractivity (Wildman–Crippen MR) is 169 cm³/mol. The van der Waals surface area contributed by atoms with Crippen molar-refractivity contribution in [1.29, 1.82) is 0 Å². The Morgan fingerprint density at radius 1 is 0.955 bits per heavy atom. The monoisotopic (exact) mass is 612 g/mol. The fourth-order valence-electron chi connectivity index (χ4n) is 6.58. The number of urea groups is 1. The normalized spacial score (nSPS) is 33.8. The second kappa shape index (κ2) is 17.5. The van der Waals surface area contributed by atoms with Gasteiger partial charge in [0.15, 0.2) is 0 Å². The molecular weight excluding hydrogens is 560 g/mol. The SMILES string of the molecule is COC(=O)/C=C1\CC2CC(=O)OC(/C=C/C=C\CCNC(=O)N3CCCC3)C(C)/C=C/C(C)CC3CCCC(CC(C1)O2)O3. The molecule has 4 heterocycles. The number of cyclic esters (lactones) is 1. The molecule has 4 rings (SSSR count). The number of methoxy groups -OCH3 is 1. The first kappa shape index (κ1) is 34.0. The number of hydrogen-bond acceptors (Lipinski definition) is 7.